The maximum Gasteiger partial charge on any atom is 0.244 e. The van der Waals surface area contributed by atoms with Gasteiger partial charge >= 0.3 is 0 Å². The first kappa shape index (κ1) is 19.4. The second kappa shape index (κ2) is 8.26. The Labute approximate surface area is 143 Å². The van der Waals surface area contributed by atoms with Gasteiger partial charge in [0.1, 0.15) is 0 Å². The summed E-state index contributed by atoms with van der Waals surface area (Å²) in [4.78, 5) is 12.6. The Bertz CT molecular complexity index is 520. The molecule has 0 saturated carbocycles. The van der Waals surface area contributed by atoms with E-state index in [0.29, 0.717) is 22.9 Å². The standard InChI is InChI=1S/C16H24N2O4.ClH/c1-16(7-5-6-8-17-16)15(19)18-11-9-12(20-2)14(22-4)13(10-11)21-3;/h9-10,17H,5-8H2,1-4H3,(H,18,19);1H. The molecule has 0 spiro atoms. The fourth-order valence-electron chi connectivity index (χ4n) is 2.67. The monoisotopic (exact) mass is 344 g/mol. The van der Waals surface area contributed by atoms with Crippen LogP contribution in [0.25, 0.3) is 0 Å². The van der Waals surface area contributed by atoms with Crippen molar-refractivity contribution in [1.29, 1.82) is 0 Å². The van der Waals surface area contributed by atoms with E-state index < -0.39 is 5.54 Å². The Kier molecular flexibility index (Phi) is 6.97. The fraction of sp³-hybridized carbons (Fsp3) is 0.562. The number of amides is 1. The summed E-state index contributed by atoms with van der Waals surface area (Å²) in [5, 5.41) is 6.23. The second-order valence-electron chi connectivity index (χ2n) is 5.58. The highest BCUT2D eigenvalue weighted by molar-refractivity contribution is 5.98. The van der Waals surface area contributed by atoms with Gasteiger partial charge in [0.25, 0.3) is 0 Å². The van der Waals surface area contributed by atoms with Crippen LogP contribution in [0.3, 0.4) is 0 Å². The van der Waals surface area contributed by atoms with Gasteiger partial charge in [0.2, 0.25) is 11.7 Å². The smallest absolute Gasteiger partial charge is 0.244 e. The van der Waals surface area contributed by atoms with Crippen LogP contribution in [0.1, 0.15) is 26.2 Å². The van der Waals surface area contributed by atoms with E-state index in [1.165, 1.54) is 0 Å². The number of ether oxygens (including phenoxy) is 3. The molecule has 1 aromatic rings. The molecular weight excluding hydrogens is 320 g/mol. The Morgan fingerprint density at radius 1 is 1.13 bits per heavy atom. The SMILES string of the molecule is COc1cc(NC(=O)C2(C)CCCCN2)cc(OC)c1OC.Cl. The van der Waals surface area contributed by atoms with E-state index in [0.717, 1.165) is 25.8 Å². The van der Waals surface area contributed by atoms with Crippen molar-refractivity contribution < 1.29 is 19.0 Å². The van der Waals surface area contributed by atoms with E-state index in [2.05, 4.69) is 10.6 Å². The van der Waals surface area contributed by atoms with Gasteiger partial charge in [-0.25, -0.2) is 0 Å². The maximum absolute atomic E-state index is 12.6. The molecule has 0 bridgehead atoms. The van der Waals surface area contributed by atoms with Crippen LogP contribution < -0.4 is 24.8 Å². The number of hydrogen-bond donors (Lipinski definition) is 2. The number of nitrogens with one attached hydrogen (secondary N) is 2. The molecule has 1 aliphatic heterocycles. The first-order valence-electron chi connectivity index (χ1n) is 7.40. The molecule has 1 unspecified atom stereocenters. The molecule has 6 nitrogen and oxygen atoms in total. The van der Waals surface area contributed by atoms with Crippen molar-refractivity contribution in [3.8, 4) is 17.2 Å². The van der Waals surface area contributed by atoms with E-state index in [9.17, 15) is 4.79 Å². The van der Waals surface area contributed by atoms with Gasteiger partial charge in [0, 0.05) is 17.8 Å². The van der Waals surface area contributed by atoms with Crippen molar-refractivity contribution in [2.24, 2.45) is 0 Å². The Morgan fingerprint density at radius 3 is 2.17 bits per heavy atom. The van der Waals surface area contributed by atoms with E-state index in [-0.39, 0.29) is 18.3 Å². The van der Waals surface area contributed by atoms with Gasteiger partial charge in [-0.3, -0.25) is 4.79 Å². The molecule has 7 heteroatoms. The number of hydrogen-bond acceptors (Lipinski definition) is 5. The summed E-state index contributed by atoms with van der Waals surface area (Å²) in [6.07, 6.45) is 2.97. The second-order valence-corrected chi connectivity index (χ2v) is 5.58. The molecule has 0 aliphatic carbocycles. The number of rotatable bonds is 5. The Hall–Kier alpha value is -1.66. The minimum atomic E-state index is -0.543. The number of anilines is 1. The first-order valence-corrected chi connectivity index (χ1v) is 7.40. The van der Waals surface area contributed by atoms with Crippen LogP contribution >= 0.6 is 12.4 Å². The lowest BCUT2D eigenvalue weighted by Gasteiger charge is -2.33. The third kappa shape index (κ3) is 4.20. The highest BCUT2D eigenvalue weighted by Crippen LogP contribution is 2.40. The van der Waals surface area contributed by atoms with Gasteiger partial charge in [-0.15, -0.1) is 12.4 Å². The third-order valence-electron chi connectivity index (χ3n) is 4.04. The van der Waals surface area contributed by atoms with Crippen LogP contribution in [-0.4, -0.2) is 39.3 Å². The summed E-state index contributed by atoms with van der Waals surface area (Å²) in [5.74, 6) is 1.48. The number of benzene rings is 1. The molecular formula is C16H25ClN2O4. The van der Waals surface area contributed by atoms with Crippen molar-refractivity contribution in [2.45, 2.75) is 31.7 Å². The number of halogens is 1. The van der Waals surface area contributed by atoms with Crippen molar-refractivity contribution in [2.75, 3.05) is 33.2 Å². The zero-order valence-electron chi connectivity index (χ0n) is 14.0. The summed E-state index contributed by atoms with van der Waals surface area (Å²) in [7, 11) is 4.64. The van der Waals surface area contributed by atoms with E-state index >= 15 is 0 Å². The molecule has 0 aromatic heterocycles. The van der Waals surface area contributed by atoms with Gasteiger partial charge in [0.15, 0.2) is 11.5 Å². The predicted octanol–water partition coefficient (Wildman–Crippen LogP) is 2.60. The Morgan fingerprint density at radius 2 is 1.74 bits per heavy atom. The quantitative estimate of drug-likeness (QED) is 0.859. The molecule has 2 N–H and O–H groups in total. The summed E-state index contributed by atoms with van der Waals surface area (Å²) in [6, 6.07) is 3.46. The minimum absolute atomic E-state index is 0. The fourth-order valence-corrected chi connectivity index (χ4v) is 2.67. The molecule has 1 fully saturated rings. The summed E-state index contributed by atoms with van der Waals surface area (Å²) in [6.45, 7) is 2.79. The molecule has 1 atom stereocenters. The lowest BCUT2D eigenvalue weighted by Crippen LogP contribution is -2.54. The van der Waals surface area contributed by atoms with Crippen molar-refractivity contribution in [1.82, 2.24) is 5.32 Å². The normalized spacial score (nSPS) is 20.2. The van der Waals surface area contributed by atoms with Crippen LogP contribution in [0.5, 0.6) is 17.2 Å². The molecule has 23 heavy (non-hydrogen) atoms. The van der Waals surface area contributed by atoms with Crippen LogP contribution in [0.15, 0.2) is 12.1 Å². The number of methoxy groups -OCH3 is 3. The highest BCUT2D eigenvalue weighted by Gasteiger charge is 2.34. The number of piperidine rings is 1. The van der Waals surface area contributed by atoms with Gasteiger partial charge in [-0.05, 0) is 32.7 Å². The summed E-state index contributed by atoms with van der Waals surface area (Å²) < 4.78 is 15.9. The molecule has 1 amide bonds. The van der Waals surface area contributed by atoms with Crippen molar-refractivity contribution >= 4 is 24.0 Å². The zero-order valence-corrected chi connectivity index (χ0v) is 14.8. The van der Waals surface area contributed by atoms with Gasteiger partial charge < -0.3 is 24.8 Å². The predicted molar refractivity (Wildman–Crippen MR) is 92.2 cm³/mol. The molecule has 1 heterocycles. The van der Waals surface area contributed by atoms with Crippen LogP contribution in [0.2, 0.25) is 0 Å². The van der Waals surface area contributed by atoms with Crippen LogP contribution in [-0.2, 0) is 4.79 Å². The molecule has 1 saturated heterocycles. The summed E-state index contributed by atoms with van der Waals surface area (Å²) in [5.41, 5.74) is 0.0756. The zero-order chi connectivity index (χ0) is 16.2. The van der Waals surface area contributed by atoms with E-state index in [1.54, 1.807) is 33.5 Å². The van der Waals surface area contributed by atoms with Crippen LogP contribution in [0, 0.1) is 0 Å². The van der Waals surface area contributed by atoms with Gasteiger partial charge in [-0.1, -0.05) is 0 Å². The Balaban J connectivity index is 0.00000264. The third-order valence-corrected chi connectivity index (χ3v) is 4.04. The maximum atomic E-state index is 12.6. The summed E-state index contributed by atoms with van der Waals surface area (Å²) >= 11 is 0. The van der Waals surface area contributed by atoms with Crippen molar-refractivity contribution in [3.05, 3.63) is 12.1 Å². The average molecular weight is 345 g/mol. The van der Waals surface area contributed by atoms with Gasteiger partial charge in [-0.2, -0.15) is 0 Å². The highest BCUT2D eigenvalue weighted by atomic mass is 35.5. The van der Waals surface area contributed by atoms with Gasteiger partial charge in [0.05, 0.1) is 26.9 Å². The molecule has 130 valence electrons. The van der Waals surface area contributed by atoms with E-state index in [1.807, 2.05) is 6.92 Å². The average Bonchev–Trinajstić information content (AvgIpc) is 2.54. The number of carbonyl (C=O) groups excluding carboxylic acids is 1. The lowest BCUT2D eigenvalue weighted by atomic mass is 9.90. The molecule has 1 aromatic carbocycles. The van der Waals surface area contributed by atoms with E-state index in [4.69, 9.17) is 14.2 Å². The van der Waals surface area contributed by atoms with Crippen LogP contribution in [0.4, 0.5) is 5.69 Å². The lowest BCUT2D eigenvalue weighted by molar-refractivity contribution is -0.122. The minimum Gasteiger partial charge on any atom is -0.493 e. The molecule has 1 aliphatic rings. The largest absolute Gasteiger partial charge is 0.493 e. The topological polar surface area (TPSA) is 68.8 Å². The van der Waals surface area contributed by atoms with Crippen molar-refractivity contribution in [3.63, 3.8) is 0 Å². The number of carbonyl (C=O) groups is 1. The first-order chi connectivity index (χ1) is 10.5. The molecule has 2 rings (SSSR count). The molecule has 0 radical (unpaired) electrons.